The zero-order valence-corrected chi connectivity index (χ0v) is 7.47. The zero-order valence-electron chi connectivity index (χ0n) is 7.47. The summed E-state index contributed by atoms with van der Waals surface area (Å²) in [6, 6.07) is 0. The van der Waals surface area contributed by atoms with Crippen LogP contribution < -0.4 is 0 Å². The van der Waals surface area contributed by atoms with Crippen molar-refractivity contribution in [3.8, 4) is 0 Å². The van der Waals surface area contributed by atoms with Crippen LogP contribution in [0.2, 0.25) is 0 Å². The van der Waals surface area contributed by atoms with Gasteiger partial charge in [0.25, 0.3) is 0 Å². The van der Waals surface area contributed by atoms with E-state index in [4.69, 9.17) is 5.11 Å². The standard InChI is InChI=1S/C7H10F3NO3/c1-5(12)11(3-2-6(13)14)4-7(8,9)10/h2-4H2,1H3,(H,13,14). The van der Waals surface area contributed by atoms with E-state index in [2.05, 4.69) is 0 Å². The summed E-state index contributed by atoms with van der Waals surface area (Å²) in [5.41, 5.74) is 0. The van der Waals surface area contributed by atoms with Gasteiger partial charge in [-0.1, -0.05) is 0 Å². The molecule has 4 nitrogen and oxygen atoms in total. The number of nitrogens with zero attached hydrogens (tertiary/aromatic N) is 1. The summed E-state index contributed by atoms with van der Waals surface area (Å²) in [5, 5.41) is 8.22. The smallest absolute Gasteiger partial charge is 0.406 e. The average Bonchev–Trinajstić information content (AvgIpc) is 1.94. The predicted molar refractivity (Wildman–Crippen MR) is 40.6 cm³/mol. The second-order valence-electron chi connectivity index (χ2n) is 2.70. The van der Waals surface area contributed by atoms with Crippen molar-refractivity contribution in [1.29, 1.82) is 0 Å². The van der Waals surface area contributed by atoms with Crippen molar-refractivity contribution in [1.82, 2.24) is 4.90 Å². The molecular weight excluding hydrogens is 203 g/mol. The number of alkyl halides is 3. The molecule has 0 spiro atoms. The predicted octanol–water partition coefficient (Wildman–Crippen LogP) is 0.872. The van der Waals surface area contributed by atoms with E-state index in [0.717, 1.165) is 6.92 Å². The van der Waals surface area contributed by atoms with E-state index in [1.54, 1.807) is 0 Å². The third kappa shape index (κ3) is 6.27. The van der Waals surface area contributed by atoms with Crippen molar-refractivity contribution in [3.05, 3.63) is 0 Å². The highest BCUT2D eigenvalue weighted by molar-refractivity contribution is 5.74. The largest absolute Gasteiger partial charge is 0.481 e. The van der Waals surface area contributed by atoms with Crippen LogP contribution in [0.5, 0.6) is 0 Å². The second kappa shape index (κ2) is 4.83. The van der Waals surface area contributed by atoms with Crippen LogP contribution >= 0.6 is 0 Å². The Labute approximate surface area is 78.3 Å². The SMILES string of the molecule is CC(=O)N(CCC(=O)O)CC(F)(F)F. The minimum absolute atomic E-state index is 0.426. The van der Waals surface area contributed by atoms with E-state index in [1.165, 1.54) is 0 Å². The summed E-state index contributed by atoms with van der Waals surface area (Å²) in [6.45, 7) is -0.868. The van der Waals surface area contributed by atoms with Crippen molar-refractivity contribution in [2.45, 2.75) is 19.5 Å². The third-order valence-corrected chi connectivity index (χ3v) is 1.41. The first kappa shape index (κ1) is 12.7. The summed E-state index contributed by atoms with van der Waals surface area (Å²) in [5.74, 6) is -2.03. The molecule has 1 amide bonds. The lowest BCUT2D eigenvalue weighted by atomic mass is 10.3. The highest BCUT2D eigenvalue weighted by atomic mass is 19.4. The maximum absolute atomic E-state index is 11.8. The van der Waals surface area contributed by atoms with Crippen molar-refractivity contribution in [2.75, 3.05) is 13.1 Å². The third-order valence-electron chi connectivity index (χ3n) is 1.41. The monoisotopic (exact) mass is 213 g/mol. The maximum Gasteiger partial charge on any atom is 0.406 e. The number of carbonyl (C=O) groups excluding carboxylic acids is 1. The summed E-state index contributed by atoms with van der Waals surface area (Å²) in [7, 11) is 0. The van der Waals surface area contributed by atoms with Crippen LogP contribution in [-0.2, 0) is 9.59 Å². The van der Waals surface area contributed by atoms with E-state index >= 15 is 0 Å². The van der Waals surface area contributed by atoms with Gasteiger partial charge in [-0.2, -0.15) is 13.2 Å². The Balaban J connectivity index is 4.17. The summed E-state index contributed by atoms with van der Waals surface area (Å²) in [4.78, 5) is 21.2. The highest BCUT2D eigenvalue weighted by Crippen LogP contribution is 2.16. The molecule has 0 aromatic carbocycles. The Kier molecular flexibility index (Phi) is 4.39. The van der Waals surface area contributed by atoms with Crippen LogP contribution in [0.3, 0.4) is 0 Å². The molecule has 0 rings (SSSR count). The molecule has 0 aliphatic rings. The van der Waals surface area contributed by atoms with E-state index in [9.17, 15) is 22.8 Å². The lowest BCUT2D eigenvalue weighted by molar-refractivity contribution is -0.161. The number of aliphatic carboxylic acids is 1. The molecule has 0 saturated heterocycles. The average molecular weight is 213 g/mol. The van der Waals surface area contributed by atoms with Crippen molar-refractivity contribution in [2.24, 2.45) is 0 Å². The molecule has 0 saturated carbocycles. The highest BCUT2D eigenvalue weighted by Gasteiger charge is 2.31. The number of carboxylic acids is 1. The van der Waals surface area contributed by atoms with Gasteiger partial charge in [-0.3, -0.25) is 9.59 Å². The normalized spacial score (nSPS) is 11.1. The molecule has 1 N–H and O–H groups in total. The Hall–Kier alpha value is -1.27. The van der Waals surface area contributed by atoms with E-state index < -0.39 is 37.6 Å². The van der Waals surface area contributed by atoms with E-state index in [-0.39, 0.29) is 0 Å². The van der Waals surface area contributed by atoms with Gasteiger partial charge in [-0.25, -0.2) is 0 Å². The van der Waals surface area contributed by atoms with Gasteiger partial charge in [-0.05, 0) is 0 Å². The Morgan fingerprint density at radius 3 is 2.14 bits per heavy atom. The van der Waals surface area contributed by atoms with Gasteiger partial charge in [-0.15, -0.1) is 0 Å². The summed E-state index contributed by atoms with van der Waals surface area (Å²) < 4.78 is 35.5. The fourth-order valence-corrected chi connectivity index (χ4v) is 0.795. The fourth-order valence-electron chi connectivity index (χ4n) is 0.795. The Bertz CT molecular complexity index is 227. The first-order chi connectivity index (χ1) is 6.22. The second-order valence-corrected chi connectivity index (χ2v) is 2.70. The number of halogens is 3. The van der Waals surface area contributed by atoms with E-state index in [0.29, 0.717) is 4.90 Å². The molecule has 0 aromatic rings. The van der Waals surface area contributed by atoms with Crippen molar-refractivity contribution < 1.29 is 27.9 Å². The molecule has 0 aromatic heterocycles. The molecule has 0 aliphatic heterocycles. The van der Waals surface area contributed by atoms with Crippen LogP contribution in [0.15, 0.2) is 0 Å². The quantitative estimate of drug-likeness (QED) is 0.753. The van der Waals surface area contributed by atoms with Gasteiger partial charge in [0.2, 0.25) is 5.91 Å². The number of rotatable bonds is 4. The summed E-state index contributed by atoms with van der Waals surface area (Å²) >= 11 is 0. The topological polar surface area (TPSA) is 57.6 Å². The zero-order chi connectivity index (χ0) is 11.4. The Morgan fingerprint density at radius 2 is 1.86 bits per heavy atom. The number of hydrogen-bond acceptors (Lipinski definition) is 2. The number of amides is 1. The number of hydrogen-bond donors (Lipinski definition) is 1. The fraction of sp³-hybridized carbons (Fsp3) is 0.714. The molecule has 0 fully saturated rings. The van der Waals surface area contributed by atoms with Gasteiger partial charge in [0.15, 0.2) is 0 Å². The minimum Gasteiger partial charge on any atom is -0.481 e. The van der Waals surface area contributed by atoms with E-state index in [1.807, 2.05) is 0 Å². The molecule has 82 valence electrons. The van der Waals surface area contributed by atoms with Gasteiger partial charge < -0.3 is 10.0 Å². The van der Waals surface area contributed by atoms with Crippen LogP contribution in [0, 0.1) is 0 Å². The molecule has 0 unspecified atom stereocenters. The first-order valence-electron chi connectivity index (χ1n) is 3.76. The first-order valence-corrected chi connectivity index (χ1v) is 3.76. The van der Waals surface area contributed by atoms with Crippen LogP contribution in [-0.4, -0.2) is 41.1 Å². The molecule has 7 heteroatoms. The molecule has 0 bridgehead atoms. The molecule has 0 atom stereocenters. The minimum atomic E-state index is -4.50. The van der Waals surface area contributed by atoms with Gasteiger partial charge in [0.1, 0.15) is 6.54 Å². The van der Waals surface area contributed by atoms with Crippen molar-refractivity contribution >= 4 is 11.9 Å². The molecule has 0 radical (unpaired) electrons. The van der Waals surface area contributed by atoms with Crippen LogP contribution in [0.1, 0.15) is 13.3 Å². The van der Waals surface area contributed by atoms with Crippen molar-refractivity contribution in [3.63, 3.8) is 0 Å². The Morgan fingerprint density at radius 1 is 1.36 bits per heavy atom. The lowest BCUT2D eigenvalue weighted by Crippen LogP contribution is -2.38. The number of carbonyl (C=O) groups is 2. The molecule has 0 aliphatic carbocycles. The van der Waals surface area contributed by atoms with Gasteiger partial charge in [0, 0.05) is 13.5 Å². The summed E-state index contributed by atoms with van der Waals surface area (Å²) in [6.07, 6.45) is -4.99. The molecular formula is C7H10F3NO3. The number of carboxylic acid groups (broad SMARTS) is 1. The van der Waals surface area contributed by atoms with Crippen LogP contribution in [0.25, 0.3) is 0 Å². The van der Waals surface area contributed by atoms with Crippen LogP contribution in [0.4, 0.5) is 13.2 Å². The van der Waals surface area contributed by atoms with Gasteiger partial charge in [0.05, 0.1) is 6.42 Å². The van der Waals surface area contributed by atoms with Gasteiger partial charge >= 0.3 is 12.1 Å². The molecule has 14 heavy (non-hydrogen) atoms. The molecule has 0 heterocycles. The lowest BCUT2D eigenvalue weighted by Gasteiger charge is -2.21. The maximum atomic E-state index is 11.8.